The summed E-state index contributed by atoms with van der Waals surface area (Å²) in [6.45, 7) is 9.55. The van der Waals surface area contributed by atoms with Crippen molar-refractivity contribution >= 4 is 6.09 Å². The third kappa shape index (κ3) is 3.79. The number of epoxide rings is 1. The fourth-order valence-electron chi connectivity index (χ4n) is 1.03. The van der Waals surface area contributed by atoms with Gasteiger partial charge in [-0.3, -0.25) is 0 Å². The summed E-state index contributed by atoms with van der Waals surface area (Å²) in [5, 5.41) is 2.63. The van der Waals surface area contributed by atoms with Crippen molar-refractivity contribution < 1.29 is 14.3 Å². The number of carbonyl (C=O) groups is 1. The Morgan fingerprint density at radius 1 is 1.64 bits per heavy atom. The van der Waals surface area contributed by atoms with E-state index in [9.17, 15) is 4.79 Å². The minimum atomic E-state index is -0.452. The van der Waals surface area contributed by atoms with E-state index in [1.165, 1.54) is 0 Å². The van der Waals surface area contributed by atoms with Gasteiger partial charge in [-0.2, -0.15) is 0 Å². The second-order valence-corrected chi connectivity index (χ2v) is 4.26. The van der Waals surface area contributed by atoms with Gasteiger partial charge in [-0.1, -0.05) is 6.08 Å². The summed E-state index contributed by atoms with van der Waals surface area (Å²) in [7, 11) is 0. The molecular weight excluding hydrogens is 182 g/mol. The Morgan fingerprint density at radius 2 is 2.29 bits per heavy atom. The molecule has 1 N–H and O–H groups in total. The quantitative estimate of drug-likeness (QED) is 0.553. The average Bonchev–Trinajstić information content (AvgIpc) is 2.76. The lowest BCUT2D eigenvalue weighted by Gasteiger charge is -2.19. The van der Waals surface area contributed by atoms with Crippen LogP contribution in [0.25, 0.3) is 0 Å². The Morgan fingerprint density at radius 3 is 2.71 bits per heavy atom. The molecule has 1 fully saturated rings. The molecule has 0 aliphatic carbocycles. The Kier molecular flexibility index (Phi) is 3.16. The monoisotopic (exact) mass is 199 g/mol. The van der Waals surface area contributed by atoms with Crippen molar-refractivity contribution in [3.05, 3.63) is 12.7 Å². The first-order valence-electron chi connectivity index (χ1n) is 4.67. The van der Waals surface area contributed by atoms with Gasteiger partial charge >= 0.3 is 6.09 Å². The van der Waals surface area contributed by atoms with Crippen molar-refractivity contribution in [1.82, 2.24) is 5.32 Å². The van der Waals surface area contributed by atoms with Crippen LogP contribution in [0, 0.1) is 0 Å². The zero-order valence-electron chi connectivity index (χ0n) is 8.87. The van der Waals surface area contributed by atoms with Gasteiger partial charge in [0.15, 0.2) is 0 Å². The number of hydrogen-bond donors (Lipinski definition) is 1. The Balaban J connectivity index is 2.13. The standard InChI is InChI=1S/C10H17NO3/c1-5-7-8(13-7)6-11-9(12)14-10(2,3)4/h5,7-8H,1,6H2,2-4H3,(H,11,12)/t7-,8-/m0/s1. The number of rotatable bonds is 3. The van der Waals surface area contributed by atoms with E-state index in [0.717, 1.165) is 0 Å². The molecule has 80 valence electrons. The molecule has 1 amide bonds. The molecule has 0 radical (unpaired) electrons. The van der Waals surface area contributed by atoms with E-state index in [-0.39, 0.29) is 12.2 Å². The Hall–Kier alpha value is -1.03. The first-order chi connectivity index (χ1) is 6.42. The number of alkyl carbamates (subject to hydrolysis) is 1. The summed E-state index contributed by atoms with van der Waals surface area (Å²) in [5.74, 6) is 0. The van der Waals surface area contributed by atoms with Crippen molar-refractivity contribution in [3.8, 4) is 0 Å². The first-order valence-corrected chi connectivity index (χ1v) is 4.67. The van der Waals surface area contributed by atoms with Crippen molar-refractivity contribution in [3.63, 3.8) is 0 Å². The van der Waals surface area contributed by atoms with Gasteiger partial charge in [-0.25, -0.2) is 4.79 Å². The fourth-order valence-corrected chi connectivity index (χ4v) is 1.03. The van der Waals surface area contributed by atoms with Crippen LogP contribution in [-0.2, 0) is 9.47 Å². The van der Waals surface area contributed by atoms with Gasteiger partial charge < -0.3 is 14.8 Å². The van der Waals surface area contributed by atoms with E-state index in [4.69, 9.17) is 9.47 Å². The molecule has 0 spiro atoms. The van der Waals surface area contributed by atoms with Crippen LogP contribution in [0.5, 0.6) is 0 Å². The topological polar surface area (TPSA) is 50.9 Å². The molecule has 0 saturated carbocycles. The van der Waals surface area contributed by atoms with Crippen LogP contribution in [0.15, 0.2) is 12.7 Å². The summed E-state index contributed by atoms with van der Waals surface area (Å²) in [4.78, 5) is 11.2. The minimum absolute atomic E-state index is 0.0695. The van der Waals surface area contributed by atoms with E-state index in [1.54, 1.807) is 6.08 Å². The smallest absolute Gasteiger partial charge is 0.407 e. The molecule has 0 aromatic carbocycles. The lowest BCUT2D eigenvalue weighted by molar-refractivity contribution is 0.0524. The van der Waals surface area contributed by atoms with Crippen molar-refractivity contribution in [2.45, 2.75) is 38.6 Å². The normalized spacial score (nSPS) is 25.4. The zero-order valence-corrected chi connectivity index (χ0v) is 8.87. The molecule has 1 rings (SSSR count). The van der Waals surface area contributed by atoms with E-state index < -0.39 is 11.7 Å². The summed E-state index contributed by atoms with van der Waals surface area (Å²) >= 11 is 0. The van der Waals surface area contributed by atoms with Gasteiger partial charge in [-0.15, -0.1) is 6.58 Å². The summed E-state index contributed by atoms with van der Waals surface area (Å²) < 4.78 is 10.2. The molecule has 1 heterocycles. The number of carbonyl (C=O) groups excluding carboxylic acids is 1. The van der Waals surface area contributed by atoms with Crippen LogP contribution in [0.3, 0.4) is 0 Å². The van der Waals surface area contributed by atoms with Crippen LogP contribution in [0.4, 0.5) is 4.79 Å². The lowest BCUT2D eigenvalue weighted by atomic mass is 10.2. The third-order valence-corrected chi connectivity index (χ3v) is 1.70. The maximum absolute atomic E-state index is 11.2. The van der Waals surface area contributed by atoms with Crippen LogP contribution >= 0.6 is 0 Å². The molecule has 0 aromatic heterocycles. The van der Waals surface area contributed by atoms with E-state index in [2.05, 4.69) is 11.9 Å². The molecule has 1 aliphatic heterocycles. The van der Waals surface area contributed by atoms with E-state index in [1.807, 2.05) is 20.8 Å². The highest BCUT2D eigenvalue weighted by Gasteiger charge is 2.36. The molecule has 1 saturated heterocycles. The number of nitrogens with one attached hydrogen (secondary N) is 1. The Labute approximate surface area is 84.3 Å². The van der Waals surface area contributed by atoms with Crippen LogP contribution in [0.2, 0.25) is 0 Å². The second-order valence-electron chi connectivity index (χ2n) is 4.26. The third-order valence-electron chi connectivity index (χ3n) is 1.70. The van der Waals surface area contributed by atoms with Gasteiger partial charge in [0.25, 0.3) is 0 Å². The van der Waals surface area contributed by atoms with Gasteiger partial charge in [0.2, 0.25) is 0 Å². The highest BCUT2D eigenvalue weighted by molar-refractivity contribution is 5.67. The SMILES string of the molecule is C=C[C@@H]1O[C@H]1CNC(=O)OC(C)(C)C. The zero-order chi connectivity index (χ0) is 10.8. The molecule has 2 atom stereocenters. The maximum atomic E-state index is 11.2. The highest BCUT2D eigenvalue weighted by atomic mass is 16.6. The summed E-state index contributed by atoms with van der Waals surface area (Å²) in [6.07, 6.45) is 1.47. The number of ether oxygens (including phenoxy) is 2. The number of amides is 1. The molecule has 0 unspecified atom stereocenters. The van der Waals surface area contributed by atoms with Crippen LogP contribution < -0.4 is 5.32 Å². The first kappa shape index (κ1) is 11.0. The maximum Gasteiger partial charge on any atom is 0.407 e. The lowest BCUT2D eigenvalue weighted by Crippen LogP contribution is -2.34. The van der Waals surface area contributed by atoms with Crippen LogP contribution in [-0.4, -0.2) is 30.4 Å². The van der Waals surface area contributed by atoms with E-state index in [0.29, 0.717) is 6.54 Å². The minimum Gasteiger partial charge on any atom is -0.444 e. The Bertz CT molecular complexity index is 232. The molecule has 1 aliphatic rings. The second kappa shape index (κ2) is 4.00. The van der Waals surface area contributed by atoms with Crippen LogP contribution in [0.1, 0.15) is 20.8 Å². The van der Waals surface area contributed by atoms with Crippen molar-refractivity contribution in [2.24, 2.45) is 0 Å². The molecule has 4 nitrogen and oxygen atoms in total. The summed E-state index contributed by atoms with van der Waals surface area (Å²) in [5.41, 5.74) is -0.452. The van der Waals surface area contributed by atoms with E-state index >= 15 is 0 Å². The molecule has 0 aromatic rings. The fraction of sp³-hybridized carbons (Fsp3) is 0.700. The van der Waals surface area contributed by atoms with Gasteiger partial charge in [-0.05, 0) is 20.8 Å². The predicted molar refractivity (Wildman–Crippen MR) is 53.1 cm³/mol. The average molecular weight is 199 g/mol. The molecule has 0 bridgehead atoms. The van der Waals surface area contributed by atoms with Crippen molar-refractivity contribution in [1.29, 1.82) is 0 Å². The van der Waals surface area contributed by atoms with Gasteiger partial charge in [0, 0.05) is 0 Å². The van der Waals surface area contributed by atoms with Gasteiger partial charge in [0.1, 0.15) is 17.8 Å². The largest absolute Gasteiger partial charge is 0.444 e. The number of hydrogen-bond acceptors (Lipinski definition) is 3. The molecular formula is C10H17NO3. The predicted octanol–water partition coefficient (Wildman–Crippen LogP) is 1.46. The molecule has 4 heteroatoms. The van der Waals surface area contributed by atoms with Crippen molar-refractivity contribution in [2.75, 3.05) is 6.54 Å². The highest BCUT2D eigenvalue weighted by Crippen LogP contribution is 2.21. The van der Waals surface area contributed by atoms with Gasteiger partial charge in [0.05, 0.1) is 6.54 Å². The summed E-state index contributed by atoms with van der Waals surface area (Å²) in [6, 6.07) is 0. The molecule has 14 heavy (non-hydrogen) atoms.